The fourth-order valence-corrected chi connectivity index (χ4v) is 1.18. The zero-order valence-corrected chi connectivity index (χ0v) is 10.1. The summed E-state index contributed by atoms with van der Waals surface area (Å²) < 4.78 is 0. The van der Waals surface area contributed by atoms with Crippen LogP contribution in [0.25, 0.3) is 0 Å². The van der Waals surface area contributed by atoms with Gasteiger partial charge in [-0.3, -0.25) is 9.59 Å². The number of hydrogen-bond donors (Lipinski definition) is 2. The molecule has 1 amide bonds. The topological polar surface area (TPSA) is 86.9 Å². The Labute approximate surface area is 96.0 Å². The van der Waals surface area contributed by atoms with E-state index in [2.05, 4.69) is 0 Å². The van der Waals surface area contributed by atoms with Crippen molar-refractivity contribution < 1.29 is 14.7 Å². The highest BCUT2D eigenvalue weighted by Crippen LogP contribution is 1.97. The lowest BCUT2D eigenvalue weighted by molar-refractivity contribution is -0.142. The highest BCUT2D eigenvalue weighted by molar-refractivity contribution is 5.84. The first-order valence-corrected chi connectivity index (χ1v) is 5.21. The molecule has 1 unspecified atom stereocenters. The third kappa shape index (κ3) is 6.36. The Bertz CT molecular complexity index is 243. The van der Waals surface area contributed by atoms with Gasteiger partial charge in [0.25, 0.3) is 0 Å². The molecule has 0 aliphatic carbocycles. The van der Waals surface area contributed by atoms with Crippen molar-refractivity contribution in [2.75, 3.05) is 34.2 Å². The van der Waals surface area contributed by atoms with Crippen molar-refractivity contribution in [1.29, 1.82) is 0 Å². The molecule has 6 heteroatoms. The lowest BCUT2D eigenvalue weighted by Gasteiger charge is -2.19. The Balaban J connectivity index is 3.86. The zero-order chi connectivity index (χ0) is 12.7. The van der Waals surface area contributed by atoms with Gasteiger partial charge in [-0.25, -0.2) is 0 Å². The van der Waals surface area contributed by atoms with Crippen LogP contribution in [0, 0.1) is 0 Å². The summed E-state index contributed by atoms with van der Waals surface area (Å²) in [5.74, 6) is -1.37. The summed E-state index contributed by atoms with van der Waals surface area (Å²) in [4.78, 5) is 25.5. The summed E-state index contributed by atoms with van der Waals surface area (Å²) >= 11 is 0. The monoisotopic (exact) mass is 231 g/mol. The van der Waals surface area contributed by atoms with E-state index in [9.17, 15) is 9.59 Å². The van der Waals surface area contributed by atoms with Crippen LogP contribution in [0.5, 0.6) is 0 Å². The normalized spacial score (nSPS) is 12.6. The number of carboxylic acid groups (broad SMARTS) is 1. The molecule has 3 N–H and O–H groups in total. The number of aliphatic carboxylic acids is 1. The minimum atomic E-state index is -1.14. The van der Waals surface area contributed by atoms with Crippen LogP contribution >= 0.6 is 0 Å². The highest BCUT2D eigenvalue weighted by Gasteiger charge is 2.18. The standard InChI is InChI=1S/C10H21N3O3/c1-12(2)5-4-6-13(3)9(14)7-8(11)10(15)16/h8H,4-7,11H2,1-3H3,(H,15,16). The molecule has 0 radical (unpaired) electrons. The van der Waals surface area contributed by atoms with Gasteiger partial charge in [0.2, 0.25) is 5.91 Å². The van der Waals surface area contributed by atoms with Gasteiger partial charge in [-0.1, -0.05) is 0 Å². The number of rotatable bonds is 7. The number of hydrogen-bond acceptors (Lipinski definition) is 4. The average molecular weight is 231 g/mol. The highest BCUT2D eigenvalue weighted by atomic mass is 16.4. The van der Waals surface area contributed by atoms with E-state index in [0.717, 1.165) is 13.0 Å². The van der Waals surface area contributed by atoms with E-state index in [4.69, 9.17) is 10.8 Å². The molecule has 0 fully saturated rings. The predicted octanol–water partition coefficient (Wildman–Crippen LogP) is -0.801. The lowest BCUT2D eigenvalue weighted by atomic mass is 10.2. The van der Waals surface area contributed by atoms with Crippen LogP contribution in [0.3, 0.4) is 0 Å². The second-order valence-corrected chi connectivity index (χ2v) is 4.12. The first-order valence-electron chi connectivity index (χ1n) is 5.21. The molecule has 0 rings (SSSR count). The summed E-state index contributed by atoms with van der Waals surface area (Å²) in [6.07, 6.45) is 0.714. The quantitative estimate of drug-likeness (QED) is 0.599. The summed E-state index contributed by atoms with van der Waals surface area (Å²) in [5, 5.41) is 8.56. The fourth-order valence-electron chi connectivity index (χ4n) is 1.18. The lowest BCUT2D eigenvalue weighted by Crippen LogP contribution is -2.38. The average Bonchev–Trinajstić information content (AvgIpc) is 2.16. The van der Waals surface area contributed by atoms with Gasteiger partial charge in [0.05, 0.1) is 6.42 Å². The maximum Gasteiger partial charge on any atom is 0.321 e. The second-order valence-electron chi connectivity index (χ2n) is 4.12. The van der Waals surface area contributed by atoms with Crippen molar-refractivity contribution in [1.82, 2.24) is 9.80 Å². The Kier molecular flexibility index (Phi) is 6.67. The van der Waals surface area contributed by atoms with Gasteiger partial charge in [-0.15, -0.1) is 0 Å². The van der Waals surface area contributed by atoms with Crippen LogP contribution in [0.15, 0.2) is 0 Å². The van der Waals surface area contributed by atoms with Crippen LogP contribution in [0.2, 0.25) is 0 Å². The van der Waals surface area contributed by atoms with Crippen molar-refractivity contribution in [3.63, 3.8) is 0 Å². The summed E-state index contributed by atoms with van der Waals surface area (Å²) in [5.41, 5.74) is 5.28. The molecule has 0 bridgehead atoms. The van der Waals surface area contributed by atoms with Gasteiger partial charge in [0, 0.05) is 13.6 Å². The van der Waals surface area contributed by atoms with Crippen LogP contribution in [-0.2, 0) is 9.59 Å². The molecule has 0 aromatic carbocycles. The molecule has 0 spiro atoms. The van der Waals surface area contributed by atoms with Crippen LogP contribution in [-0.4, -0.2) is 67.1 Å². The van der Waals surface area contributed by atoms with E-state index in [1.165, 1.54) is 4.90 Å². The molecule has 1 atom stereocenters. The van der Waals surface area contributed by atoms with E-state index in [-0.39, 0.29) is 12.3 Å². The molecule has 6 nitrogen and oxygen atoms in total. The van der Waals surface area contributed by atoms with Gasteiger partial charge >= 0.3 is 5.97 Å². The molecule has 0 aliphatic heterocycles. The number of nitrogens with two attached hydrogens (primary N) is 1. The van der Waals surface area contributed by atoms with Crippen molar-refractivity contribution in [3.05, 3.63) is 0 Å². The van der Waals surface area contributed by atoms with Crippen molar-refractivity contribution >= 4 is 11.9 Å². The molecule has 0 saturated carbocycles. The predicted molar refractivity (Wildman–Crippen MR) is 61.0 cm³/mol. The fraction of sp³-hybridized carbons (Fsp3) is 0.800. The largest absolute Gasteiger partial charge is 0.480 e. The molecular weight excluding hydrogens is 210 g/mol. The van der Waals surface area contributed by atoms with Gasteiger partial charge in [-0.2, -0.15) is 0 Å². The maximum absolute atomic E-state index is 11.5. The molecule has 16 heavy (non-hydrogen) atoms. The van der Waals surface area contributed by atoms with Gasteiger partial charge in [0.1, 0.15) is 6.04 Å². The number of amides is 1. The third-order valence-electron chi connectivity index (χ3n) is 2.24. The third-order valence-corrected chi connectivity index (χ3v) is 2.24. The number of carbonyl (C=O) groups is 2. The Morgan fingerprint density at radius 3 is 2.25 bits per heavy atom. The molecule has 0 aromatic rings. The molecular formula is C10H21N3O3. The first-order chi connectivity index (χ1) is 7.34. The van der Waals surface area contributed by atoms with Gasteiger partial charge in [-0.05, 0) is 27.1 Å². The van der Waals surface area contributed by atoms with Crippen molar-refractivity contribution in [3.8, 4) is 0 Å². The SMILES string of the molecule is CN(C)CCCN(C)C(=O)CC(N)C(=O)O. The summed E-state index contributed by atoms with van der Waals surface area (Å²) in [7, 11) is 5.58. The molecule has 94 valence electrons. The second kappa shape index (κ2) is 7.19. The first kappa shape index (κ1) is 14.9. The van der Waals surface area contributed by atoms with Gasteiger partial charge in [0.15, 0.2) is 0 Å². The molecule has 0 saturated heterocycles. The number of carboxylic acids is 1. The maximum atomic E-state index is 11.5. The summed E-state index contributed by atoms with van der Waals surface area (Å²) in [6.45, 7) is 1.51. The van der Waals surface area contributed by atoms with Crippen LogP contribution in [0.1, 0.15) is 12.8 Å². The minimum absolute atomic E-state index is 0.145. The molecule has 0 aromatic heterocycles. The zero-order valence-electron chi connectivity index (χ0n) is 10.1. The number of carbonyl (C=O) groups excluding carboxylic acids is 1. The Morgan fingerprint density at radius 2 is 1.81 bits per heavy atom. The molecule has 0 aliphatic rings. The van der Waals surface area contributed by atoms with Crippen LogP contribution in [0.4, 0.5) is 0 Å². The Morgan fingerprint density at radius 1 is 1.25 bits per heavy atom. The Hall–Kier alpha value is -1.14. The van der Waals surface area contributed by atoms with Crippen molar-refractivity contribution in [2.24, 2.45) is 5.73 Å². The smallest absolute Gasteiger partial charge is 0.321 e. The number of nitrogens with zero attached hydrogens (tertiary/aromatic N) is 2. The van der Waals surface area contributed by atoms with E-state index in [1.807, 2.05) is 19.0 Å². The molecule has 0 heterocycles. The van der Waals surface area contributed by atoms with E-state index >= 15 is 0 Å². The van der Waals surface area contributed by atoms with Crippen molar-refractivity contribution in [2.45, 2.75) is 18.9 Å². The van der Waals surface area contributed by atoms with Gasteiger partial charge < -0.3 is 20.6 Å². The van der Waals surface area contributed by atoms with E-state index < -0.39 is 12.0 Å². The van der Waals surface area contributed by atoms with Crippen LogP contribution < -0.4 is 5.73 Å². The minimum Gasteiger partial charge on any atom is -0.480 e. The van der Waals surface area contributed by atoms with E-state index in [1.54, 1.807) is 7.05 Å². The summed E-state index contributed by atoms with van der Waals surface area (Å²) in [6, 6.07) is -1.11. The van der Waals surface area contributed by atoms with E-state index in [0.29, 0.717) is 6.54 Å².